The standard InChI is InChI=1S/C8H9P/c1-9(2)8-6-4-3-5-7-8/h1,3-7H,2H3. The predicted molar refractivity (Wildman–Crippen MR) is 43.2 cm³/mol. The van der Waals surface area contributed by atoms with Crippen molar-refractivity contribution in [1.29, 1.82) is 0 Å². The third-order valence-electron chi connectivity index (χ3n) is 1.16. The van der Waals surface area contributed by atoms with E-state index >= 15 is 0 Å². The van der Waals surface area contributed by atoms with Gasteiger partial charge in [0.05, 0.1) is 0 Å². The van der Waals surface area contributed by atoms with Gasteiger partial charge in [-0.25, -0.2) is 0 Å². The van der Waals surface area contributed by atoms with E-state index < -0.39 is 7.92 Å². The first kappa shape index (κ1) is 6.77. The topological polar surface area (TPSA) is 0 Å². The van der Waals surface area contributed by atoms with Crippen LogP contribution in [0.5, 0.6) is 0 Å². The predicted octanol–water partition coefficient (Wildman–Crippen LogP) is 2.09. The molecule has 0 fully saturated rings. The normalized spacial score (nSPS) is 10.1. The van der Waals surface area contributed by atoms with Crippen LogP contribution in [0.3, 0.4) is 0 Å². The lowest BCUT2D eigenvalue weighted by Gasteiger charge is -2.01. The van der Waals surface area contributed by atoms with Gasteiger partial charge in [0.2, 0.25) is 0 Å². The van der Waals surface area contributed by atoms with Crippen molar-refractivity contribution in [2.24, 2.45) is 0 Å². The van der Waals surface area contributed by atoms with Crippen molar-refractivity contribution < 1.29 is 0 Å². The van der Waals surface area contributed by atoms with E-state index in [0.717, 1.165) is 0 Å². The molecule has 0 bridgehead atoms. The molecule has 0 heterocycles. The van der Waals surface area contributed by atoms with Crippen LogP contribution in [0.15, 0.2) is 30.3 Å². The van der Waals surface area contributed by atoms with Gasteiger partial charge in [-0.2, -0.15) is 0 Å². The van der Waals surface area contributed by atoms with Gasteiger partial charge in [0.1, 0.15) is 0 Å². The maximum atomic E-state index is 5.68. The molecule has 1 atom stereocenters. The number of hydrogen-bond donors (Lipinski definition) is 0. The molecule has 1 aromatic carbocycles. The van der Waals surface area contributed by atoms with Crippen molar-refractivity contribution in [3.8, 4) is 0 Å². The lowest BCUT2D eigenvalue weighted by Crippen LogP contribution is -1.94. The zero-order valence-electron chi connectivity index (χ0n) is 5.41. The quantitative estimate of drug-likeness (QED) is 0.518. The molecule has 0 aliphatic carbocycles. The Balaban J connectivity index is 2.85. The van der Waals surface area contributed by atoms with Crippen LogP contribution in [-0.4, -0.2) is 6.66 Å². The summed E-state index contributed by atoms with van der Waals surface area (Å²) in [7, 11) is -0.396. The molecule has 0 saturated heterocycles. The molecule has 0 aromatic heterocycles. The highest BCUT2D eigenvalue weighted by Gasteiger charge is 1.93. The Morgan fingerprint density at radius 1 is 1.22 bits per heavy atom. The van der Waals surface area contributed by atoms with Crippen molar-refractivity contribution >= 4 is 13.2 Å². The Morgan fingerprint density at radius 3 is 2.11 bits per heavy atom. The molecule has 1 heteroatoms. The van der Waals surface area contributed by atoms with Crippen LogP contribution in [0.4, 0.5) is 0 Å². The van der Waals surface area contributed by atoms with Crippen LogP contribution < -0.4 is 5.30 Å². The molecule has 0 aliphatic heterocycles. The fourth-order valence-corrected chi connectivity index (χ4v) is 1.31. The largest absolute Gasteiger partial charge is 0.0740 e. The second-order valence-corrected chi connectivity index (χ2v) is 3.68. The average Bonchev–Trinajstić information content (AvgIpc) is 1.90. The van der Waals surface area contributed by atoms with E-state index in [1.165, 1.54) is 5.30 Å². The van der Waals surface area contributed by atoms with E-state index in [1.807, 2.05) is 24.9 Å². The van der Waals surface area contributed by atoms with Gasteiger partial charge in [-0.05, 0) is 18.6 Å². The molecule has 1 aromatic rings. The second kappa shape index (κ2) is 2.98. The van der Waals surface area contributed by atoms with Gasteiger partial charge in [0, 0.05) is 0 Å². The van der Waals surface area contributed by atoms with Crippen molar-refractivity contribution in [3.05, 3.63) is 37.0 Å². The Morgan fingerprint density at radius 2 is 1.78 bits per heavy atom. The third kappa shape index (κ3) is 1.80. The maximum Gasteiger partial charge on any atom is -0.00174 e. The molecule has 1 unspecified atom stereocenters. The van der Waals surface area contributed by atoms with Crippen LogP contribution in [0.1, 0.15) is 0 Å². The van der Waals surface area contributed by atoms with Crippen LogP contribution in [0.25, 0.3) is 0 Å². The third-order valence-corrected chi connectivity index (χ3v) is 2.28. The average molecular weight is 136 g/mol. The van der Waals surface area contributed by atoms with Gasteiger partial charge in [0.25, 0.3) is 0 Å². The summed E-state index contributed by atoms with van der Waals surface area (Å²) in [5.74, 6) is 0. The Hall–Kier alpha value is -0.350. The van der Waals surface area contributed by atoms with Gasteiger partial charge >= 0.3 is 0 Å². The lowest BCUT2D eigenvalue weighted by atomic mass is 10.4. The summed E-state index contributed by atoms with van der Waals surface area (Å²) in [6.45, 7) is 7.72. The van der Waals surface area contributed by atoms with Gasteiger partial charge in [0.15, 0.2) is 0 Å². The highest BCUT2D eigenvalue weighted by molar-refractivity contribution is 7.66. The van der Waals surface area contributed by atoms with Crippen molar-refractivity contribution in [1.82, 2.24) is 0 Å². The first-order chi connectivity index (χ1) is 4.30. The molecule has 2 radical (unpaired) electrons. The summed E-state index contributed by atoms with van der Waals surface area (Å²) in [5.41, 5.74) is 0. The molecule has 0 nitrogen and oxygen atoms in total. The summed E-state index contributed by atoms with van der Waals surface area (Å²) >= 11 is 0. The molecule has 9 heavy (non-hydrogen) atoms. The molecular formula is C8H9P. The summed E-state index contributed by atoms with van der Waals surface area (Å²) < 4.78 is 0. The fraction of sp³-hybridized carbons (Fsp3) is 0.125. The first-order valence-electron chi connectivity index (χ1n) is 2.84. The van der Waals surface area contributed by atoms with Crippen molar-refractivity contribution in [3.63, 3.8) is 0 Å². The van der Waals surface area contributed by atoms with E-state index in [2.05, 4.69) is 12.1 Å². The fourth-order valence-electron chi connectivity index (χ4n) is 0.663. The van der Waals surface area contributed by atoms with E-state index in [4.69, 9.17) is 6.66 Å². The monoisotopic (exact) mass is 136 g/mol. The number of benzene rings is 1. The second-order valence-electron chi connectivity index (χ2n) is 1.95. The lowest BCUT2D eigenvalue weighted by molar-refractivity contribution is 1.77. The minimum Gasteiger partial charge on any atom is -0.0740 e. The Kier molecular flexibility index (Phi) is 2.24. The molecule has 0 spiro atoms. The molecular weight excluding hydrogens is 127 g/mol. The highest BCUT2D eigenvalue weighted by Crippen LogP contribution is 2.25. The summed E-state index contributed by atoms with van der Waals surface area (Å²) in [4.78, 5) is 0. The molecule has 46 valence electrons. The van der Waals surface area contributed by atoms with Gasteiger partial charge in [-0.1, -0.05) is 38.3 Å². The highest BCUT2D eigenvalue weighted by atomic mass is 31.1. The zero-order valence-corrected chi connectivity index (χ0v) is 6.31. The van der Waals surface area contributed by atoms with Gasteiger partial charge in [-0.3, -0.25) is 0 Å². The molecule has 0 saturated carbocycles. The molecule has 0 N–H and O–H groups in total. The number of rotatable bonds is 1. The van der Waals surface area contributed by atoms with E-state index in [9.17, 15) is 0 Å². The summed E-state index contributed by atoms with van der Waals surface area (Å²) in [6.07, 6.45) is 0. The van der Waals surface area contributed by atoms with E-state index in [0.29, 0.717) is 0 Å². The van der Waals surface area contributed by atoms with Crippen LogP contribution in [0.2, 0.25) is 0 Å². The molecule has 1 rings (SSSR count). The van der Waals surface area contributed by atoms with Crippen LogP contribution >= 0.6 is 7.92 Å². The SMILES string of the molecule is [CH]P(C)c1ccccc1. The Bertz CT molecular complexity index is 167. The molecule has 0 amide bonds. The minimum atomic E-state index is -0.396. The minimum absolute atomic E-state index is 0.396. The molecule has 0 aliphatic rings. The summed E-state index contributed by atoms with van der Waals surface area (Å²) in [6, 6.07) is 10.2. The van der Waals surface area contributed by atoms with E-state index in [1.54, 1.807) is 0 Å². The maximum absolute atomic E-state index is 5.68. The van der Waals surface area contributed by atoms with Crippen molar-refractivity contribution in [2.75, 3.05) is 6.66 Å². The van der Waals surface area contributed by atoms with Gasteiger partial charge in [-0.15, -0.1) is 0 Å². The van der Waals surface area contributed by atoms with Crippen LogP contribution in [-0.2, 0) is 0 Å². The summed E-state index contributed by atoms with van der Waals surface area (Å²) in [5, 5.41) is 1.26. The smallest absolute Gasteiger partial charge is 0.00174 e. The first-order valence-corrected chi connectivity index (χ1v) is 4.70. The Labute approximate surface area is 57.7 Å². The van der Waals surface area contributed by atoms with Gasteiger partial charge < -0.3 is 0 Å². The van der Waals surface area contributed by atoms with Crippen molar-refractivity contribution in [2.45, 2.75) is 0 Å². The zero-order chi connectivity index (χ0) is 6.69. The van der Waals surface area contributed by atoms with E-state index in [-0.39, 0.29) is 0 Å². The van der Waals surface area contributed by atoms with Crippen LogP contribution in [0, 0.1) is 6.66 Å². The number of hydrogen-bond acceptors (Lipinski definition) is 0.